The van der Waals surface area contributed by atoms with Crippen LogP contribution in [-0.4, -0.2) is 38.1 Å². The molecule has 0 aromatic heterocycles. The summed E-state index contributed by atoms with van der Waals surface area (Å²) in [7, 11) is 3.32. The lowest BCUT2D eigenvalue weighted by Gasteiger charge is -2.33. The van der Waals surface area contributed by atoms with Crippen LogP contribution < -0.4 is 10.1 Å². The molecule has 4 heteroatoms. The molecule has 1 atom stereocenters. The van der Waals surface area contributed by atoms with Gasteiger partial charge in [-0.2, -0.15) is 0 Å². The molecule has 0 heterocycles. The average molecular weight is 251 g/mol. The molecule has 1 saturated carbocycles. The maximum Gasteiger partial charge on any atom is 0.119 e. The minimum atomic E-state index is -0.358. The van der Waals surface area contributed by atoms with E-state index in [0.29, 0.717) is 12.5 Å². The van der Waals surface area contributed by atoms with Crippen molar-refractivity contribution in [1.82, 2.24) is 0 Å². The van der Waals surface area contributed by atoms with Gasteiger partial charge in [-0.3, -0.25) is 0 Å². The highest BCUT2D eigenvalue weighted by Gasteiger charge is 2.45. The molecule has 1 aromatic rings. The van der Waals surface area contributed by atoms with E-state index < -0.39 is 0 Å². The minimum Gasteiger partial charge on any atom is -0.497 e. The molecular formula is C14H21NO3. The van der Waals surface area contributed by atoms with Crippen molar-refractivity contribution >= 4 is 5.69 Å². The van der Waals surface area contributed by atoms with Gasteiger partial charge in [-0.1, -0.05) is 0 Å². The first-order chi connectivity index (χ1) is 8.74. The van der Waals surface area contributed by atoms with Crippen LogP contribution in [0.2, 0.25) is 0 Å². The molecule has 4 nitrogen and oxygen atoms in total. The summed E-state index contributed by atoms with van der Waals surface area (Å²) in [5, 5.41) is 13.1. The first-order valence-corrected chi connectivity index (χ1v) is 6.26. The lowest BCUT2D eigenvalue weighted by molar-refractivity contribution is 0.0862. The quantitative estimate of drug-likeness (QED) is 0.777. The Kier molecular flexibility index (Phi) is 4.09. The van der Waals surface area contributed by atoms with Crippen LogP contribution in [0.4, 0.5) is 5.69 Å². The maximum atomic E-state index is 9.71. The van der Waals surface area contributed by atoms with Crippen molar-refractivity contribution in [3.8, 4) is 5.75 Å². The fraction of sp³-hybridized carbons (Fsp3) is 0.571. The smallest absolute Gasteiger partial charge is 0.119 e. The minimum absolute atomic E-state index is 0.0809. The largest absolute Gasteiger partial charge is 0.497 e. The number of hydrogen-bond acceptors (Lipinski definition) is 4. The van der Waals surface area contributed by atoms with Crippen molar-refractivity contribution in [2.45, 2.75) is 18.4 Å². The maximum absolute atomic E-state index is 9.71. The summed E-state index contributed by atoms with van der Waals surface area (Å²) < 4.78 is 10.4. The highest BCUT2D eigenvalue weighted by atomic mass is 16.5. The molecule has 0 spiro atoms. The second kappa shape index (κ2) is 5.59. The molecule has 0 saturated heterocycles. The van der Waals surface area contributed by atoms with E-state index in [2.05, 4.69) is 5.32 Å². The molecule has 0 radical (unpaired) electrons. The molecule has 100 valence electrons. The predicted octanol–water partition coefficient (Wildman–Crippen LogP) is 1.89. The van der Waals surface area contributed by atoms with Gasteiger partial charge in [0.25, 0.3) is 0 Å². The van der Waals surface area contributed by atoms with Crippen LogP contribution in [0.15, 0.2) is 24.3 Å². The number of nitrogens with one attached hydrogen (secondary N) is 1. The summed E-state index contributed by atoms with van der Waals surface area (Å²) >= 11 is 0. The van der Waals surface area contributed by atoms with E-state index in [4.69, 9.17) is 9.47 Å². The van der Waals surface area contributed by atoms with E-state index in [9.17, 15) is 5.11 Å². The highest BCUT2D eigenvalue weighted by Crippen LogP contribution is 2.41. The molecular weight excluding hydrogens is 230 g/mol. The summed E-state index contributed by atoms with van der Waals surface area (Å²) in [4.78, 5) is 0. The molecule has 0 bridgehead atoms. The lowest BCUT2D eigenvalue weighted by atomic mass is 9.94. The van der Waals surface area contributed by atoms with E-state index in [1.807, 2.05) is 24.3 Å². The van der Waals surface area contributed by atoms with Crippen LogP contribution >= 0.6 is 0 Å². The van der Waals surface area contributed by atoms with Crippen molar-refractivity contribution < 1.29 is 14.6 Å². The monoisotopic (exact) mass is 251 g/mol. The number of rotatable bonds is 7. The highest BCUT2D eigenvalue weighted by molar-refractivity contribution is 5.49. The van der Waals surface area contributed by atoms with Gasteiger partial charge in [-0.25, -0.2) is 0 Å². The lowest BCUT2D eigenvalue weighted by Crippen LogP contribution is -2.48. The first-order valence-electron chi connectivity index (χ1n) is 6.26. The van der Waals surface area contributed by atoms with Gasteiger partial charge < -0.3 is 19.9 Å². The van der Waals surface area contributed by atoms with Gasteiger partial charge in [0.1, 0.15) is 5.75 Å². The van der Waals surface area contributed by atoms with Gasteiger partial charge in [0, 0.05) is 12.8 Å². The van der Waals surface area contributed by atoms with Gasteiger partial charge >= 0.3 is 0 Å². The molecule has 0 aliphatic heterocycles. The van der Waals surface area contributed by atoms with Gasteiger partial charge in [0.05, 0.1) is 25.9 Å². The number of ether oxygens (including phenoxy) is 2. The van der Waals surface area contributed by atoms with Gasteiger partial charge in [-0.15, -0.1) is 0 Å². The van der Waals surface area contributed by atoms with E-state index in [0.717, 1.165) is 24.3 Å². The summed E-state index contributed by atoms with van der Waals surface area (Å²) in [6.45, 7) is 0.595. The summed E-state index contributed by atoms with van der Waals surface area (Å²) in [5.41, 5.74) is 0.623. The average Bonchev–Trinajstić information content (AvgIpc) is 3.24. The van der Waals surface area contributed by atoms with Crippen molar-refractivity contribution in [2.75, 3.05) is 32.8 Å². The van der Waals surface area contributed by atoms with Crippen LogP contribution in [0.5, 0.6) is 5.75 Å². The van der Waals surface area contributed by atoms with Gasteiger partial charge in [-0.05, 0) is 43.0 Å². The Balaban J connectivity index is 2.11. The van der Waals surface area contributed by atoms with E-state index in [1.54, 1.807) is 14.2 Å². The molecule has 2 rings (SSSR count). The third-order valence-corrected chi connectivity index (χ3v) is 3.53. The Hall–Kier alpha value is -1.26. The molecule has 1 aliphatic rings. The molecule has 0 amide bonds. The van der Waals surface area contributed by atoms with Crippen LogP contribution in [0.25, 0.3) is 0 Å². The third kappa shape index (κ3) is 2.76. The van der Waals surface area contributed by atoms with Crippen LogP contribution in [-0.2, 0) is 4.74 Å². The van der Waals surface area contributed by atoms with Crippen LogP contribution in [0.3, 0.4) is 0 Å². The van der Waals surface area contributed by atoms with Crippen molar-refractivity contribution in [3.05, 3.63) is 24.3 Å². The standard InChI is InChI=1S/C14H21NO3/c1-17-10-14(9-16,11-3-4-11)15-12-5-7-13(18-2)8-6-12/h5-8,11,15-16H,3-4,9-10H2,1-2H3. The molecule has 1 unspecified atom stereocenters. The Morgan fingerprint density at radius 3 is 2.39 bits per heavy atom. The van der Waals surface area contributed by atoms with Crippen molar-refractivity contribution in [3.63, 3.8) is 0 Å². The van der Waals surface area contributed by atoms with E-state index >= 15 is 0 Å². The van der Waals surface area contributed by atoms with Crippen molar-refractivity contribution in [1.29, 1.82) is 0 Å². The molecule has 18 heavy (non-hydrogen) atoms. The number of benzene rings is 1. The fourth-order valence-electron chi connectivity index (χ4n) is 2.33. The summed E-state index contributed by atoms with van der Waals surface area (Å²) in [6.07, 6.45) is 2.29. The SMILES string of the molecule is COCC(CO)(Nc1ccc(OC)cc1)C1CC1. The van der Waals surface area contributed by atoms with Crippen LogP contribution in [0.1, 0.15) is 12.8 Å². The Morgan fingerprint density at radius 2 is 1.94 bits per heavy atom. The Labute approximate surface area is 108 Å². The third-order valence-electron chi connectivity index (χ3n) is 3.53. The van der Waals surface area contributed by atoms with Crippen LogP contribution in [0, 0.1) is 5.92 Å². The van der Waals surface area contributed by atoms with Gasteiger partial charge in [0.15, 0.2) is 0 Å². The summed E-state index contributed by atoms with van der Waals surface area (Å²) in [6, 6.07) is 7.73. The predicted molar refractivity (Wildman–Crippen MR) is 71.0 cm³/mol. The normalized spacial score (nSPS) is 18.2. The first kappa shape index (κ1) is 13.2. The topological polar surface area (TPSA) is 50.7 Å². The number of aliphatic hydroxyl groups is 1. The van der Waals surface area contributed by atoms with E-state index in [1.165, 1.54) is 0 Å². The zero-order chi connectivity index (χ0) is 13.0. The zero-order valence-corrected chi connectivity index (χ0v) is 11.0. The second-order valence-electron chi connectivity index (χ2n) is 4.88. The number of anilines is 1. The molecule has 1 fully saturated rings. The molecule has 1 aliphatic carbocycles. The Bertz CT molecular complexity index is 375. The molecule has 1 aromatic carbocycles. The zero-order valence-electron chi connectivity index (χ0n) is 11.0. The number of hydrogen-bond donors (Lipinski definition) is 2. The number of methoxy groups -OCH3 is 2. The van der Waals surface area contributed by atoms with Gasteiger partial charge in [0.2, 0.25) is 0 Å². The Morgan fingerprint density at radius 1 is 1.28 bits per heavy atom. The fourth-order valence-corrected chi connectivity index (χ4v) is 2.33. The summed E-state index contributed by atoms with van der Waals surface area (Å²) in [5.74, 6) is 1.32. The second-order valence-corrected chi connectivity index (χ2v) is 4.88. The number of aliphatic hydroxyl groups excluding tert-OH is 1. The van der Waals surface area contributed by atoms with E-state index in [-0.39, 0.29) is 12.1 Å². The molecule has 2 N–H and O–H groups in total. The van der Waals surface area contributed by atoms with Crippen molar-refractivity contribution in [2.24, 2.45) is 5.92 Å².